The van der Waals surface area contributed by atoms with Crippen molar-refractivity contribution in [2.45, 2.75) is 6.10 Å². The molecule has 1 aliphatic rings. The number of rotatable bonds is 1. The number of hydrogen-bond acceptors (Lipinski definition) is 2. The maximum atomic E-state index is 5.07. The van der Waals surface area contributed by atoms with E-state index in [0.29, 0.717) is 6.10 Å². The van der Waals surface area contributed by atoms with E-state index in [1.54, 1.807) is 7.11 Å². The zero-order valence-corrected chi connectivity index (χ0v) is 4.92. The van der Waals surface area contributed by atoms with Crippen LogP contribution in [-0.2, 0) is 4.74 Å². The van der Waals surface area contributed by atoms with Gasteiger partial charge in [-0.15, -0.1) is 0 Å². The Morgan fingerprint density at radius 2 is 2.38 bits per heavy atom. The van der Waals surface area contributed by atoms with Gasteiger partial charge in [-0.2, -0.15) is 0 Å². The van der Waals surface area contributed by atoms with Gasteiger partial charge in [0.1, 0.15) is 0 Å². The van der Waals surface area contributed by atoms with Crippen molar-refractivity contribution in [3.63, 3.8) is 0 Å². The van der Waals surface area contributed by atoms with Crippen LogP contribution in [-0.4, -0.2) is 31.2 Å². The maximum Gasteiger partial charge on any atom is 0.0934 e. The van der Waals surface area contributed by atoms with E-state index in [2.05, 4.69) is 6.04 Å². The van der Waals surface area contributed by atoms with E-state index in [4.69, 9.17) is 11.2 Å². The van der Waals surface area contributed by atoms with Gasteiger partial charge >= 0.3 is 0 Å². The van der Waals surface area contributed by atoms with Gasteiger partial charge in [0.05, 0.1) is 19.2 Å². The third-order valence-corrected chi connectivity index (χ3v) is 1.36. The van der Waals surface area contributed by atoms with Crippen LogP contribution in [0.2, 0.25) is 0 Å². The van der Waals surface area contributed by atoms with E-state index >= 15 is 0 Å². The van der Waals surface area contributed by atoms with Crippen LogP contribution in [0.3, 0.4) is 0 Å². The average molecular weight is 111 g/mol. The van der Waals surface area contributed by atoms with E-state index in [1.807, 2.05) is 4.90 Å². The molecule has 1 rings (SSSR count). The fourth-order valence-electron chi connectivity index (χ4n) is 0.693. The first kappa shape index (κ1) is 5.46. The van der Waals surface area contributed by atoms with E-state index in [-0.39, 0.29) is 0 Å². The molecular formula is C6H9NO. The summed E-state index contributed by atoms with van der Waals surface area (Å²) in [4.78, 5) is 1.88. The van der Waals surface area contributed by atoms with Crippen molar-refractivity contribution in [2.24, 2.45) is 0 Å². The van der Waals surface area contributed by atoms with Crippen molar-refractivity contribution < 1.29 is 4.74 Å². The first-order valence-corrected chi connectivity index (χ1v) is 2.61. The maximum absolute atomic E-state index is 5.07. The smallest absolute Gasteiger partial charge is 0.0934 e. The Morgan fingerprint density at radius 3 is 2.75 bits per heavy atom. The topological polar surface area (TPSA) is 12.5 Å². The van der Waals surface area contributed by atoms with Crippen molar-refractivity contribution >= 4 is 0 Å². The Balaban J connectivity index is 2.14. The van der Waals surface area contributed by atoms with Crippen molar-refractivity contribution in [3.05, 3.63) is 0 Å². The summed E-state index contributed by atoms with van der Waals surface area (Å²) in [6.07, 6.45) is 5.45. The molecule has 1 saturated heterocycles. The van der Waals surface area contributed by atoms with Gasteiger partial charge in [0, 0.05) is 13.2 Å². The Kier molecular flexibility index (Phi) is 1.40. The third kappa shape index (κ3) is 0.775. The number of methoxy groups -OCH3 is 1. The van der Waals surface area contributed by atoms with Gasteiger partial charge < -0.3 is 9.64 Å². The Bertz CT molecular complexity index is 110. The zero-order chi connectivity index (χ0) is 5.98. The fraction of sp³-hybridized carbons (Fsp3) is 0.667. The number of likely N-dealkylation sites (tertiary alicyclic amines) is 1. The molecule has 0 aliphatic carbocycles. The minimum atomic E-state index is 0.381. The summed E-state index contributed by atoms with van der Waals surface area (Å²) >= 11 is 0. The van der Waals surface area contributed by atoms with Gasteiger partial charge in [-0.05, 0) is 0 Å². The summed E-state index contributed by atoms with van der Waals surface area (Å²) in [6, 6.07) is 2.52. The number of terminal acetylenes is 1. The lowest BCUT2D eigenvalue weighted by Crippen LogP contribution is -2.48. The zero-order valence-electron chi connectivity index (χ0n) is 4.92. The molecule has 0 N–H and O–H groups in total. The largest absolute Gasteiger partial charge is 0.378 e. The molecule has 0 unspecified atom stereocenters. The molecule has 1 heterocycles. The molecule has 0 radical (unpaired) electrons. The molecule has 0 aromatic carbocycles. The normalized spacial score (nSPS) is 19.8. The van der Waals surface area contributed by atoms with Crippen LogP contribution in [0.15, 0.2) is 0 Å². The highest BCUT2D eigenvalue weighted by Gasteiger charge is 2.23. The summed E-state index contributed by atoms with van der Waals surface area (Å²) in [5.41, 5.74) is 0. The van der Waals surface area contributed by atoms with Gasteiger partial charge in [-0.1, -0.05) is 6.42 Å². The van der Waals surface area contributed by atoms with Crippen LogP contribution in [0.1, 0.15) is 0 Å². The highest BCUT2D eigenvalue weighted by molar-refractivity contribution is 4.95. The van der Waals surface area contributed by atoms with Crippen molar-refractivity contribution in [1.29, 1.82) is 0 Å². The highest BCUT2D eigenvalue weighted by Crippen LogP contribution is 2.07. The summed E-state index contributed by atoms with van der Waals surface area (Å²) in [7, 11) is 1.71. The number of hydrogen-bond donors (Lipinski definition) is 0. The number of nitrogens with zero attached hydrogens (tertiary/aromatic N) is 1. The van der Waals surface area contributed by atoms with Gasteiger partial charge in [0.25, 0.3) is 0 Å². The van der Waals surface area contributed by atoms with Crippen LogP contribution in [0.25, 0.3) is 0 Å². The van der Waals surface area contributed by atoms with Crippen molar-refractivity contribution in [1.82, 2.24) is 4.90 Å². The van der Waals surface area contributed by atoms with Crippen LogP contribution in [0.4, 0.5) is 0 Å². The van der Waals surface area contributed by atoms with Crippen molar-refractivity contribution in [3.8, 4) is 12.5 Å². The monoisotopic (exact) mass is 111 g/mol. The first-order chi connectivity index (χ1) is 3.86. The molecule has 44 valence electrons. The van der Waals surface area contributed by atoms with Gasteiger partial charge in [-0.25, -0.2) is 0 Å². The summed E-state index contributed by atoms with van der Waals surface area (Å²) < 4.78 is 4.98. The molecule has 0 spiro atoms. The van der Waals surface area contributed by atoms with Crippen LogP contribution in [0, 0.1) is 12.5 Å². The molecule has 0 aromatic heterocycles. The first-order valence-electron chi connectivity index (χ1n) is 2.61. The molecule has 0 saturated carbocycles. The molecular weight excluding hydrogens is 102 g/mol. The van der Waals surface area contributed by atoms with E-state index in [9.17, 15) is 0 Å². The summed E-state index contributed by atoms with van der Waals surface area (Å²) in [5.74, 6) is 0. The predicted octanol–water partition coefficient (Wildman–Crippen LogP) is -0.0923. The summed E-state index contributed by atoms with van der Waals surface area (Å²) in [5, 5.41) is 0. The molecule has 0 bridgehead atoms. The molecule has 0 atom stereocenters. The predicted molar refractivity (Wildman–Crippen MR) is 31.2 cm³/mol. The SMILES string of the molecule is C#CN1CC(OC)C1. The standard InChI is InChI=1S/C6H9NO/c1-3-7-4-6(5-7)8-2/h1,6H,4-5H2,2H3. The second-order valence-electron chi connectivity index (χ2n) is 1.89. The molecule has 0 amide bonds. The number of ether oxygens (including phenoxy) is 1. The molecule has 2 heteroatoms. The minimum absolute atomic E-state index is 0.381. The van der Waals surface area contributed by atoms with Crippen LogP contribution in [0.5, 0.6) is 0 Å². The lowest BCUT2D eigenvalue weighted by atomic mass is 10.2. The Labute approximate surface area is 49.4 Å². The quantitative estimate of drug-likeness (QED) is 0.438. The minimum Gasteiger partial charge on any atom is -0.378 e. The summed E-state index contributed by atoms with van der Waals surface area (Å²) in [6.45, 7) is 1.79. The van der Waals surface area contributed by atoms with Crippen LogP contribution < -0.4 is 0 Å². The van der Waals surface area contributed by atoms with Gasteiger partial charge in [0.2, 0.25) is 0 Å². The molecule has 1 aliphatic heterocycles. The van der Waals surface area contributed by atoms with Gasteiger partial charge in [0.15, 0.2) is 0 Å². The highest BCUT2D eigenvalue weighted by atomic mass is 16.5. The molecule has 1 fully saturated rings. The Hall–Kier alpha value is -0.680. The van der Waals surface area contributed by atoms with Crippen LogP contribution >= 0.6 is 0 Å². The van der Waals surface area contributed by atoms with E-state index in [1.165, 1.54) is 0 Å². The van der Waals surface area contributed by atoms with E-state index < -0.39 is 0 Å². The lowest BCUT2D eigenvalue weighted by molar-refractivity contribution is 0.000571. The average Bonchev–Trinajstić information content (AvgIpc) is 1.65. The Morgan fingerprint density at radius 1 is 1.75 bits per heavy atom. The van der Waals surface area contributed by atoms with Gasteiger partial charge in [-0.3, -0.25) is 0 Å². The fourth-order valence-corrected chi connectivity index (χ4v) is 0.693. The molecule has 2 nitrogen and oxygen atoms in total. The van der Waals surface area contributed by atoms with Crippen molar-refractivity contribution in [2.75, 3.05) is 20.2 Å². The second-order valence-corrected chi connectivity index (χ2v) is 1.89. The molecule has 8 heavy (non-hydrogen) atoms. The lowest BCUT2D eigenvalue weighted by Gasteiger charge is -2.34. The third-order valence-electron chi connectivity index (χ3n) is 1.36. The molecule has 0 aromatic rings. The van der Waals surface area contributed by atoms with E-state index in [0.717, 1.165) is 13.1 Å². The second kappa shape index (κ2) is 2.06.